The van der Waals surface area contributed by atoms with Gasteiger partial charge in [-0.15, -0.1) is 12.4 Å². The summed E-state index contributed by atoms with van der Waals surface area (Å²) in [5.41, 5.74) is 9.13. The number of carbonyl (C=O) groups is 1. The second-order valence-corrected chi connectivity index (χ2v) is 5.31. The van der Waals surface area contributed by atoms with Gasteiger partial charge in [0.2, 0.25) is 5.91 Å². The number of benzene rings is 1. The van der Waals surface area contributed by atoms with E-state index >= 15 is 0 Å². The molecule has 120 valence electrons. The lowest BCUT2D eigenvalue weighted by Crippen LogP contribution is -2.34. The highest BCUT2D eigenvalue weighted by atomic mass is 35.5. The Bertz CT molecular complexity index is 594. The van der Waals surface area contributed by atoms with E-state index in [9.17, 15) is 4.79 Å². The van der Waals surface area contributed by atoms with Crippen molar-refractivity contribution in [1.82, 2.24) is 15.1 Å². The second kappa shape index (κ2) is 8.56. The van der Waals surface area contributed by atoms with E-state index in [-0.39, 0.29) is 18.3 Å². The zero-order valence-electron chi connectivity index (χ0n) is 13.0. The van der Waals surface area contributed by atoms with Crippen molar-refractivity contribution in [3.63, 3.8) is 0 Å². The number of rotatable bonds is 6. The molecule has 0 radical (unpaired) electrons. The van der Waals surface area contributed by atoms with Crippen LogP contribution < -0.4 is 11.1 Å². The first-order valence-corrected chi connectivity index (χ1v) is 7.13. The Morgan fingerprint density at radius 1 is 1.36 bits per heavy atom. The fourth-order valence-electron chi connectivity index (χ4n) is 2.14. The van der Waals surface area contributed by atoms with E-state index in [1.54, 1.807) is 4.68 Å². The maximum atomic E-state index is 12.0. The monoisotopic (exact) mass is 322 g/mol. The van der Waals surface area contributed by atoms with Crippen LogP contribution in [0.1, 0.15) is 29.2 Å². The first kappa shape index (κ1) is 18.2. The molecule has 1 unspecified atom stereocenters. The Morgan fingerprint density at radius 2 is 2.05 bits per heavy atom. The lowest BCUT2D eigenvalue weighted by atomic mass is 10.1. The van der Waals surface area contributed by atoms with E-state index in [4.69, 9.17) is 5.73 Å². The molecule has 0 bridgehead atoms. The Labute approximate surface area is 137 Å². The number of hydrogen-bond acceptors (Lipinski definition) is 3. The molecule has 0 saturated carbocycles. The van der Waals surface area contributed by atoms with Gasteiger partial charge in [0.25, 0.3) is 0 Å². The van der Waals surface area contributed by atoms with Crippen molar-refractivity contribution in [3.05, 3.63) is 53.3 Å². The summed E-state index contributed by atoms with van der Waals surface area (Å²) in [7, 11) is 1.89. The van der Waals surface area contributed by atoms with Gasteiger partial charge in [-0.05, 0) is 30.9 Å². The van der Waals surface area contributed by atoms with Crippen LogP contribution in [-0.2, 0) is 18.3 Å². The Balaban J connectivity index is 0.00000242. The van der Waals surface area contributed by atoms with Crippen LogP contribution in [0.15, 0.2) is 36.7 Å². The van der Waals surface area contributed by atoms with Gasteiger partial charge >= 0.3 is 0 Å². The largest absolute Gasteiger partial charge is 0.354 e. The average Bonchev–Trinajstić information content (AvgIpc) is 2.89. The first-order chi connectivity index (χ1) is 10.1. The van der Waals surface area contributed by atoms with Crippen LogP contribution in [0.25, 0.3) is 0 Å². The van der Waals surface area contributed by atoms with E-state index in [1.807, 2.05) is 50.6 Å². The number of nitrogens with two attached hydrogens (primary N) is 1. The molecule has 3 N–H and O–H groups in total. The minimum Gasteiger partial charge on any atom is -0.354 e. The summed E-state index contributed by atoms with van der Waals surface area (Å²) < 4.78 is 1.78. The number of hydrogen-bond donors (Lipinski definition) is 2. The van der Waals surface area contributed by atoms with Gasteiger partial charge in [0.1, 0.15) is 6.04 Å². The SMILES string of the molecule is Cc1ccc(C(N)C(=O)NCCCc2cnn(C)c2)cc1.Cl. The molecule has 2 rings (SSSR count). The van der Waals surface area contributed by atoms with Gasteiger partial charge in [0.15, 0.2) is 0 Å². The number of nitrogens with zero attached hydrogens (tertiary/aromatic N) is 2. The Hall–Kier alpha value is -1.85. The quantitative estimate of drug-likeness (QED) is 0.798. The summed E-state index contributed by atoms with van der Waals surface area (Å²) in [6.07, 6.45) is 5.60. The summed E-state index contributed by atoms with van der Waals surface area (Å²) in [5.74, 6) is -0.134. The molecule has 1 aromatic heterocycles. The fourth-order valence-corrected chi connectivity index (χ4v) is 2.14. The van der Waals surface area contributed by atoms with Crippen molar-refractivity contribution in [2.75, 3.05) is 6.54 Å². The normalized spacial score (nSPS) is 11.6. The van der Waals surface area contributed by atoms with Crippen molar-refractivity contribution in [2.45, 2.75) is 25.8 Å². The molecule has 6 heteroatoms. The topological polar surface area (TPSA) is 72.9 Å². The lowest BCUT2D eigenvalue weighted by molar-refractivity contribution is -0.122. The zero-order valence-corrected chi connectivity index (χ0v) is 13.8. The van der Waals surface area contributed by atoms with Crippen LogP contribution in [0.3, 0.4) is 0 Å². The van der Waals surface area contributed by atoms with Crippen molar-refractivity contribution >= 4 is 18.3 Å². The summed E-state index contributed by atoms with van der Waals surface area (Å²) in [6.45, 7) is 2.63. The summed E-state index contributed by atoms with van der Waals surface area (Å²) in [4.78, 5) is 12.0. The minimum atomic E-state index is -0.607. The van der Waals surface area contributed by atoms with Crippen LogP contribution >= 0.6 is 12.4 Å². The Morgan fingerprint density at radius 3 is 2.64 bits per heavy atom. The molecule has 0 aliphatic rings. The third-order valence-electron chi connectivity index (χ3n) is 3.42. The highest BCUT2D eigenvalue weighted by Crippen LogP contribution is 2.11. The molecule has 5 nitrogen and oxygen atoms in total. The Kier molecular flexibility index (Phi) is 7.08. The maximum absolute atomic E-state index is 12.0. The highest BCUT2D eigenvalue weighted by molar-refractivity contribution is 5.85. The van der Waals surface area contributed by atoms with Gasteiger partial charge < -0.3 is 11.1 Å². The van der Waals surface area contributed by atoms with Gasteiger partial charge in [-0.25, -0.2) is 0 Å². The van der Waals surface area contributed by atoms with Crippen LogP contribution in [0.4, 0.5) is 0 Å². The van der Waals surface area contributed by atoms with E-state index in [1.165, 1.54) is 5.56 Å². The highest BCUT2D eigenvalue weighted by Gasteiger charge is 2.14. The van der Waals surface area contributed by atoms with Crippen LogP contribution in [0, 0.1) is 6.92 Å². The number of aromatic nitrogens is 2. The van der Waals surface area contributed by atoms with E-state index in [0.29, 0.717) is 6.54 Å². The summed E-state index contributed by atoms with van der Waals surface area (Å²) in [6, 6.07) is 7.11. The van der Waals surface area contributed by atoms with E-state index in [2.05, 4.69) is 10.4 Å². The molecule has 2 aromatic rings. The average molecular weight is 323 g/mol. The number of amides is 1. The van der Waals surface area contributed by atoms with Crippen LogP contribution in [0.5, 0.6) is 0 Å². The number of halogens is 1. The molecule has 1 atom stereocenters. The molecule has 22 heavy (non-hydrogen) atoms. The maximum Gasteiger partial charge on any atom is 0.241 e. The lowest BCUT2D eigenvalue weighted by Gasteiger charge is -2.12. The first-order valence-electron chi connectivity index (χ1n) is 7.13. The predicted octanol–water partition coefficient (Wildman–Crippen LogP) is 1.90. The van der Waals surface area contributed by atoms with E-state index in [0.717, 1.165) is 24.0 Å². The van der Waals surface area contributed by atoms with Crippen molar-refractivity contribution in [1.29, 1.82) is 0 Å². The molecule has 1 heterocycles. The molecule has 1 amide bonds. The molecule has 0 spiro atoms. The van der Waals surface area contributed by atoms with Gasteiger partial charge in [-0.2, -0.15) is 5.10 Å². The van der Waals surface area contributed by atoms with Gasteiger partial charge in [-0.3, -0.25) is 9.48 Å². The molecule has 0 fully saturated rings. The number of aryl methyl sites for hydroxylation is 3. The third-order valence-corrected chi connectivity index (χ3v) is 3.42. The van der Waals surface area contributed by atoms with Crippen LogP contribution in [-0.4, -0.2) is 22.2 Å². The minimum absolute atomic E-state index is 0. The molecule has 0 aliphatic heterocycles. The number of carbonyl (C=O) groups excluding carboxylic acids is 1. The fraction of sp³-hybridized carbons (Fsp3) is 0.375. The van der Waals surface area contributed by atoms with Gasteiger partial charge in [0, 0.05) is 19.8 Å². The smallest absolute Gasteiger partial charge is 0.241 e. The summed E-state index contributed by atoms with van der Waals surface area (Å²) in [5, 5.41) is 7.00. The molecule has 0 aliphatic carbocycles. The third kappa shape index (κ3) is 5.16. The van der Waals surface area contributed by atoms with Gasteiger partial charge in [-0.1, -0.05) is 29.8 Å². The second-order valence-electron chi connectivity index (χ2n) is 5.31. The van der Waals surface area contributed by atoms with Gasteiger partial charge in [0.05, 0.1) is 6.20 Å². The van der Waals surface area contributed by atoms with Crippen molar-refractivity contribution in [3.8, 4) is 0 Å². The predicted molar refractivity (Wildman–Crippen MR) is 89.9 cm³/mol. The zero-order chi connectivity index (χ0) is 15.2. The van der Waals surface area contributed by atoms with Crippen LogP contribution in [0.2, 0.25) is 0 Å². The van der Waals surface area contributed by atoms with E-state index < -0.39 is 6.04 Å². The molecule has 1 aromatic carbocycles. The molecular formula is C16H23ClN4O. The standard InChI is InChI=1S/C16H22N4O.ClH/c1-12-5-7-14(8-6-12)15(17)16(21)18-9-3-4-13-10-19-20(2)11-13;/h5-8,10-11,15H,3-4,9,17H2,1-2H3,(H,18,21);1H. The molecule has 0 saturated heterocycles. The summed E-state index contributed by atoms with van der Waals surface area (Å²) >= 11 is 0. The number of nitrogens with one attached hydrogen (secondary N) is 1. The van der Waals surface area contributed by atoms with Crippen molar-refractivity contribution in [2.24, 2.45) is 12.8 Å². The molecular weight excluding hydrogens is 300 g/mol. The van der Waals surface area contributed by atoms with Crippen molar-refractivity contribution < 1.29 is 4.79 Å².